The predicted molar refractivity (Wildman–Crippen MR) is 91.0 cm³/mol. The number of carbonyl (C=O) groups is 2. The van der Waals surface area contributed by atoms with Crippen molar-refractivity contribution in [1.29, 1.82) is 0 Å². The van der Waals surface area contributed by atoms with Gasteiger partial charge in [0.15, 0.2) is 0 Å². The normalized spacial score (nSPS) is 14.8. The van der Waals surface area contributed by atoms with Crippen LogP contribution in [0.5, 0.6) is 11.5 Å². The molecule has 0 unspecified atom stereocenters. The summed E-state index contributed by atoms with van der Waals surface area (Å²) in [7, 11) is 0. The van der Waals surface area contributed by atoms with Crippen molar-refractivity contribution in [3.8, 4) is 11.5 Å². The number of aromatic hydroxyl groups is 2. The second-order valence-corrected chi connectivity index (χ2v) is 6.08. The van der Waals surface area contributed by atoms with Crippen molar-refractivity contribution < 1.29 is 19.8 Å². The van der Waals surface area contributed by atoms with Crippen LogP contribution in [0.2, 0.25) is 0 Å². The Labute approximate surface area is 148 Å². The topological polar surface area (TPSA) is 136 Å². The van der Waals surface area contributed by atoms with E-state index in [1.807, 2.05) is 0 Å². The zero-order valence-electron chi connectivity index (χ0n) is 13.8. The van der Waals surface area contributed by atoms with Gasteiger partial charge in [-0.3, -0.25) is 14.4 Å². The van der Waals surface area contributed by atoms with E-state index in [2.05, 4.69) is 15.5 Å². The van der Waals surface area contributed by atoms with Crippen LogP contribution >= 0.6 is 0 Å². The first-order chi connectivity index (χ1) is 12.4. The third kappa shape index (κ3) is 4.00. The molecule has 0 aliphatic carbocycles. The van der Waals surface area contributed by atoms with Crippen LogP contribution < -0.4 is 10.9 Å². The number of aromatic nitrogens is 2. The van der Waals surface area contributed by atoms with Crippen molar-refractivity contribution in [1.82, 2.24) is 20.4 Å². The molecule has 0 spiro atoms. The zero-order valence-corrected chi connectivity index (χ0v) is 13.8. The van der Waals surface area contributed by atoms with E-state index in [0.717, 1.165) is 6.07 Å². The second kappa shape index (κ2) is 7.26. The Bertz CT molecular complexity index is 846. The fourth-order valence-corrected chi connectivity index (χ4v) is 2.85. The molecule has 9 heteroatoms. The van der Waals surface area contributed by atoms with E-state index >= 15 is 0 Å². The Morgan fingerprint density at radius 2 is 1.77 bits per heavy atom. The quantitative estimate of drug-likeness (QED) is 0.620. The Kier molecular flexibility index (Phi) is 4.87. The monoisotopic (exact) mass is 358 g/mol. The number of H-pyrrole nitrogens is 1. The molecule has 3 rings (SSSR count). The Morgan fingerprint density at radius 1 is 1.12 bits per heavy atom. The minimum Gasteiger partial charge on any atom is -0.508 e. The summed E-state index contributed by atoms with van der Waals surface area (Å²) in [5, 5.41) is 27.7. The van der Waals surface area contributed by atoms with Gasteiger partial charge in [-0.25, -0.2) is 5.10 Å². The van der Waals surface area contributed by atoms with Gasteiger partial charge < -0.3 is 20.4 Å². The Hall–Kier alpha value is -3.36. The fourth-order valence-electron chi connectivity index (χ4n) is 2.85. The minimum atomic E-state index is -0.400. The number of phenols is 2. The van der Waals surface area contributed by atoms with Crippen molar-refractivity contribution >= 4 is 11.8 Å². The lowest BCUT2D eigenvalue weighted by Crippen LogP contribution is -2.46. The van der Waals surface area contributed by atoms with E-state index in [1.165, 1.54) is 24.3 Å². The van der Waals surface area contributed by atoms with Gasteiger partial charge in [-0.2, -0.15) is 5.10 Å². The molecule has 0 bridgehead atoms. The maximum absolute atomic E-state index is 12.3. The molecule has 26 heavy (non-hydrogen) atoms. The molecule has 1 aliphatic heterocycles. The van der Waals surface area contributed by atoms with Crippen LogP contribution in [0.1, 0.15) is 33.7 Å². The average molecular weight is 358 g/mol. The van der Waals surface area contributed by atoms with Crippen molar-refractivity contribution in [2.75, 3.05) is 13.1 Å². The Balaban J connectivity index is 1.56. The number of hydrogen-bond acceptors (Lipinski definition) is 6. The third-order valence-corrected chi connectivity index (χ3v) is 4.18. The lowest BCUT2D eigenvalue weighted by molar-refractivity contribution is 0.0691. The molecule has 1 aliphatic rings. The largest absolute Gasteiger partial charge is 0.508 e. The number of phenolic OH excluding ortho intramolecular Hbond substituents is 2. The first-order valence-corrected chi connectivity index (χ1v) is 8.11. The highest BCUT2D eigenvalue weighted by atomic mass is 16.3. The molecule has 1 aromatic carbocycles. The molecule has 4 N–H and O–H groups in total. The summed E-state index contributed by atoms with van der Waals surface area (Å²) in [6.45, 7) is 0.881. The van der Waals surface area contributed by atoms with Gasteiger partial charge in [-0.05, 0) is 31.0 Å². The number of rotatable bonds is 3. The minimum absolute atomic E-state index is 0.125. The predicted octanol–water partition coefficient (Wildman–Crippen LogP) is 0.216. The highest BCUT2D eigenvalue weighted by Crippen LogP contribution is 2.21. The van der Waals surface area contributed by atoms with E-state index in [-0.39, 0.29) is 40.3 Å². The van der Waals surface area contributed by atoms with Crippen LogP contribution in [0.15, 0.2) is 35.1 Å². The van der Waals surface area contributed by atoms with Gasteiger partial charge in [-0.15, -0.1) is 0 Å². The summed E-state index contributed by atoms with van der Waals surface area (Å²) in [6.07, 6.45) is 1.12. The molecule has 0 radical (unpaired) electrons. The van der Waals surface area contributed by atoms with E-state index in [9.17, 15) is 24.6 Å². The number of piperidine rings is 1. The maximum atomic E-state index is 12.3. The van der Waals surface area contributed by atoms with Crippen LogP contribution in [0.25, 0.3) is 0 Å². The maximum Gasteiger partial charge on any atom is 0.274 e. The standard InChI is InChI=1S/C17H18N4O5/c22-12-7-10(8-13(23)9-12)16(25)18-11-3-5-21(6-4-11)17(26)14-1-2-15(24)20-19-14/h1-2,7-9,11,22-23H,3-6H2,(H,18,25)(H,20,24). The van der Waals surface area contributed by atoms with Crippen LogP contribution in [0.3, 0.4) is 0 Å². The first-order valence-electron chi connectivity index (χ1n) is 8.11. The smallest absolute Gasteiger partial charge is 0.274 e. The molecule has 9 nitrogen and oxygen atoms in total. The summed E-state index contributed by atoms with van der Waals surface area (Å²) in [4.78, 5) is 37.2. The van der Waals surface area contributed by atoms with Crippen molar-refractivity contribution in [2.24, 2.45) is 0 Å². The summed E-state index contributed by atoms with van der Waals surface area (Å²) >= 11 is 0. The number of amides is 2. The molecule has 2 heterocycles. The van der Waals surface area contributed by atoms with Crippen LogP contribution in [0.4, 0.5) is 0 Å². The van der Waals surface area contributed by atoms with Gasteiger partial charge in [0.25, 0.3) is 17.4 Å². The number of carbonyl (C=O) groups excluding carboxylic acids is 2. The first kappa shape index (κ1) is 17.5. The molecule has 0 atom stereocenters. The zero-order chi connectivity index (χ0) is 18.7. The van der Waals surface area contributed by atoms with Crippen molar-refractivity contribution in [3.63, 3.8) is 0 Å². The number of likely N-dealkylation sites (tertiary alicyclic amines) is 1. The van der Waals surface area contributed by atoms with E-state index < -0.39 is 5.91 Å². The number of nitrogens with zero attached hydrogens (tertiary/aromatic N) is 2. The number of aromatic amines is 1. The molecular formula is C17H18N4O5. The van der Waals surface area contributed by atoms with Crippen LogP contribution in [-0.4, -0.2) is 56.3 Å². The average Bonchev–Trinajstić information content (AvgIpc) is 2.61. The van der Waals surface area contributed by atoms with Crippen LogP contribution in [0, 0.1) is 0 Å². The lowest BCUT2D eigenvalue weighted by Gasteiger charge is -2.32. The summed E-state index contributed by atoms with van der Waals surface area (Å²) in [5.74, 6) is -1.06. The third-order valence-electron chi connectivity index (χ3n) is 4.18. The van der Waals surface area contributed by atoms with E-state index in [4.69, 9.17) is 0 Å². The van der Waals surface area contributed by atoms with Gasteiger partial charge in [0.1, 0.15) is 17.2 Å². The van der Waals surface area contributed by atoms with Crippen molar-refractivity contribution in [2.45, 2.75) is 18.9 Å². The van der Waals surface area contributed by atoms with E-state index in [0.29, 0.717) is 25.9 Å². The highest BCUT2D eigenvalue weighted by Gasteiger charge is 2.25. The Morgan fingerprint density at radius 3 is 2.35 bits per heavy atom. The lowest BCUT2D eigenvalue weighted by atomic mass is 10.0. The van der Waals surface area contributed by atoms with Gasteiger partial charge in [0.2, 0.25) is 0 Å². The number of nitrogens with one attached hydrogen (secondary N) is 2. The fraction of sp³-hybridized carbons (Fsp3) is 0.294. The van der Waals surface area contributed by atoms with Gasteiger partial charge in [-0.1, -0.05) is 0 Å². The molecule has 2 aromatic rings. The summed E-state index contributed by atoms with van der Waals surface area (Å²) in [5.41, 5.74) is -0.0401. The summed E-state index contributed by atoms with van der Waals surface area (Å²) < 4.78 is 0. The molecular weight excluding hydrogens is 340 g/mol. The second-order valence-electron chi connectivity index (χ2n) is 6.08. The molecule has 2 amide bonds. The highest BCUT2D eigenvalue weighted by molar-refractivity contribution is 5.95. The molecule has 1 aromatic heterocycles. The number of hydrogen-bond donors (Lipinski definition) is 4. The van der Waals surface area contributed by atoms with Gasteiger partial charge in [0.05, 0.1) is 0 Å². The molecule has 1 fully saturated rings. The van der Waals surface area contributed by atoms with Gasteiger partial charge in [0, 0.05) is 36.8 Å². The van der Waals surface area contributed by atoms with Gasteiger partial charge >= 0.3 is 0 Å². The number of benzene rings is 1. The van der Waals surface area contributed by atoms with E-state index in [1.54, 1.807) is 4.90 Å². The molecule has 0 saturated carbocycles. The molecule has 1 saturated heterocycles. The summed E-state index contributed by atoms with van der Waals surface area (Å²) in [6, 6.07) is 6.19. The van der Waals surface area contributed by atoms with Crippen molar-refractivity contribution in [3.05, 3.63) is 51.9 Å². The molecule has 136 valence electrons. The van der Waals surface area contributed by atoms with Crippen LogP contribution in [-0.2, 0) is 0 Å². The SMILES string of the molecule is O=C(NC1CCN(C(=O)c2ccc(=O)[nH]n2)CC1)c1cc(O)cc(O)c1.